The summed E-state index contributed by atoms with van der Waals surface area (Å²) in [6.45, 7) is 0. The highest BCUT2D eigenvalue weighted by molar-refractivity contribution is 9.10. The second-order valence-electron chi connectivity index (χ2n) is 5.23. The maximum atomic E-state index is 13.5. The molecule has 1 fully saturated rings. The molecule has 1 saturated carbocycles. The molecule has 0 radical (unpaired) electrons. The van der Waals surface area contributed by atoms with Crippen LogP contribution < -0.4 is 0 Å². The zero-order valence-corrected chi connectivity index (χ0v) is 12.6. The molecule has 3 aliphatic rings. The van der Waals surface area contributed by atoms with E-state index in [0.29, 0.717) is 39.7 Å². The summed E-state index contributed by atoms with van der Waals surface area (Å²) < 4.78 is 13.5. The third-order valence-corrected chi connectivity index (χ3v) is 6.95. The van der Waals surface area contributed by atoms with Gasteiger partial charge in [-0.1, -0.05) is 62.2 Å². The number of fused-ring (bicyclic) bond motifs is 2. The molecule has 0 aromatic heterocycles. The molecule has 3 heteroatoms. The summed E-state index contributed by atoms with van der Waals surface area (Å²) in [5.41, 5.74) is 0. The van der Waals surface area contributed by atoms with Gasteiger partial charge in [0.15, 0.2) is 0 Å². The minimum absolute atomic E-state index is 0.0733. The van der Waals surface area contributed by atoms with Crippen LogP contribution in [0.3, 0.4) is 0 Å². The van der Waals surface area contributed by atoms with Gasteiger partial charge in [0, 0.05) is 16.1 Å². The Morgan fingerprint density at radius 1 is 1.00 bits per heavy atom. The number of hydrogen-bond acceptors (Lipinski definition) is 0. The summed E-state index contributed by atoms with van der Waals surface area (Å²) in [5.74, 6) is 2.08. The van der Waals surface area contributed by atoms with Crippen molar-refractivity contribution in [3.05, 3.63) is 36.2 Å². The SMILES string of the molecule is FC1=CC[C@@H]2C(C1)C(Br)[C@@H]1C=CC=CC1[C@@H]2Br. The topological polar surface area (TPSA) is 0 Å². The molecule has 17 heavy (non-hydrogen) atoms. The Morgan fingerprint density at radius 2 is 1.59 bits per heavy atom. The molecular weight excluding hydrogens is 347 g/mol. The molecule has 0 nitrogen and oxygen atoms in total. The van der Waals surface area contributed by atoms with Crippen LogP contribution in [0.25, 0.3) is 0 Å². The second kappa shape index (κ2) is 4.65. The van der Waals surface area contributed by atoms with Crippen molar-refractivity contribution in [3.8, 4) is 0 Å². The van der Waals surface area contributed by atoms with E-state index in [0.717, 1.165) is 6.42 Å². The second-order valence-corrected chi connectivity index (χ2v) is 7.35. The van der Waals surface area contributed by atoms with Gasteiger partial charge in [-0.25, -0.2) is 4.39 Å². The van der Waals surface area contributed by atoms with Crippen molar-refractivity contribution in [2.24, 2.45) is 23.7 Å². The molecular formula is C14H15Br2F. The lowest BCUT2D eigenvalue weighted by molar-refractivity contribution is 0.170. The Kier molecular flexibility index (Phi) is 3.33. The quantitative estimate of drug-likeness (QED) is 0.545. The van der Waals surface area contributed by atoms with Gasteiger partial charge in [-0.15, -0.1) is 0 Å². The molecule has 0 heterocycles. The highest BCUT2D eigenvalue weighted by atomic mass is 79.9. The van der Waals surface area contributed by atoms with E-state index in [2.05, 4.69) is 56.2 Å². The molecule has 6 atom stereocenters. The zero-order chi connectivity index (χ0) is 12.0. The van der Waals surface area contributed by atoms with Crippen molar-refractivity contribution in [1.29, 1.82) is 0 Å². The standard InChI is InChI=1S/C14H15Br2F/c15-13-9-3-1-2-4-10(9)14(16)12-7-8(17)5-6-11(12)13/h1-5,9-14H,6-7H2/t9?,10-,11-,12?,13+,14?/m1/s1. The first-order valence-corrected chi connectivity index (χ1v) is 7.99. The van der Waals surface area contributed by atoms with Crippen molar-refractivity contribution in [2.45, 2.75) is 22.5 Å². The van der Waals surface area contributed by atoms with Gasteiger partial charge in [-0.3, -0.25) is 0 Å². The number of halogens is 3. The predicted molar refractivity (Wildman–Crippen MR) is 76.1 cm³/mol. The van der Waals surface area contributed by atoms with Crippen LogP contribution in [-0.2, 0) is 0 Å². The molecule has 0 aromatic rings. The molecule has 0 saturated heterocycles. The van der Waals surface area contributed by atoms with Gasteiger partial charge in [0.1, 0.15) is 0 Å². The van der Waals surface area contributed by atoms with Gasteiger partial charge in [-0.2, -0.15) is 0 Å². The van der Waals surface area contributed by atoms with Gasteiger partial charge in [-0.05, 0) is 30.1 Å². The molecule has 0 N–H and O–H groups in total. The number of alkyl halides is 2. The Hall–Kier alpha value is 0.110. The Labute approximate surface area is 118 Å². The summed E-state index contributed by atoms with van der Waals surface area (Å²) in [5, 5.41) is 0. The van der Waals surface area contributed by atoms with E-state index in [4.69, 9.17) is 0 Å². The fourth-order valence-corrected chi connectivity index (χ4v) is 5.71. The van der Waals surface area contributed by atoms with E-state index in [-0.39, 0.29) is 5.83 Å². The maximum Gasteiger partial charge on any atom is 0.0963 e. The average molecular weight is 362 g/mol. The van der Waals surface area contributed by atoms with E-state index >= 15 is 0 Å². The van der Waals surface area contributed by atoms with Gasteiger partial charge in [0.05, 0.1) is 5.83 Å². The van der Waals surface area contributed by atoms with Crippen LogP contribution in [0.2, 0.25) is 0 Å². The highest BCUT2D eigenvalue weighted by Gasteiger charge is 2.48. The molecule has 3 rings (SSSR count). The van der Waals surface area contributed by atoms with Crippen LogP contribution in [0, 0.1) is 23.7 Å². The monoisotopic (exact) mass is 360 g/mol. The first-order valence-electron chi connectivity index (χ1n) is 6.16. The smallest absolute Gasteiger partial charge is 0.0963 e. The van der Waals surface area contributed by atoms with Gasteiger partial charge < -0.3 is 0 Å². The van der Waals surface area contributed by atoms with Crippen LogP contribution >= 0.6 is 31.9 Å². The predicted octanol–water partition coefficient (Wildman–Crippen LogP) is 4.77. The van der Waals surface area contributed by atoms with Crippen molar-refractivity contribution < 1.29 is 4.39 Å². The Morgan fingerprint density at radius 3 is 2.24 bits per heavy atom. The largest absolute Gasteiger partial charge is 0.212 e. The molecule has 3 unspecified atom stereocenters. The molecule has 0 amide bonds. The minimum Gasteiger partial charge on any atom is -0.212 e. The normalized spacial score (nSPS) is 48.3. The Balaban J connectivity index is 1.93. The van der Waals surface area contributed by atoms with Crippen LogP contribution in [0.5, 0.6) is 0 Å². The molecule has 92 valence electrons. The maximum absolute atomic E-state index is 13.5. The summed E-state index contributed by atoms with van der Waals surface area (Å²) in [6, 6.07) is 0. The lowest BCUT2D eigenvalue weighted by atomic mass is 9.63. The van der Waals surface area contributed by atoms with Crippen molar-refractivity contribution in [3.63, 3.8) is 0 Å². The van der Waals surface area contributed by atoms with E-state index < -0.39 is 0 Å². The van der Waals surface area contributed by atoms with Crippen LogP contribution in [-0.4, -0.2) is 9.65 Å². The summed E-state index contributed by atoms with van der Waals surface area (Å²) in [7, 11) is 0. The van der Waals surface area contributed by atoms with Crippen LogP contribution in [0.15, 0.2) is 36.2 Å². The van der Waals surface area contributed by atoms with E-state index in [9.17, 15) is 4.39 Å². The van der Waals surface area contributed by atoms with Gasteiger partial charge in [0.2, 0.25) is 0 Å². The third-order valence-electron chi connectivity index (χ3n) is 4.37. The molecule has 0 aliphatic heterocycles. The zero-order valence-electron chi connectivity index (χ0n) is 9.40. The first-order chi connectivity index (χ1) is 8.18. The van der Waals surface area contributed by atoms with E-state index in [1.165, 1.54) is 0 Å². The van der Waals surface area contributed by atoms with Crippen molar-refractivity contribution >= 4 is 31.9 Å². The molecule has 3 aliphatic carbocycles. The lowest BCUT2D eigenvalue weighted by Gasteiger charge is -2.48. The minimum atomic E-state index is 0.0733. The van der Waals surface area contributed by atoms with Crippen LogP contribution in [0.1, 0.15) is 12.8 Å². The van der Waals surface area contributed by atoms with E-state index in [1.54, 1.807) is 6.08 Å². The summed E-state index contributed by atoms with van der Waals surface area (Å²) >= 11 is 7.69. The summed E-state index contributed by atoms with van der Waals surface area (Å²) in [6.07, 6.45) is 12.1. The molecule has 0 spiro atoms. The number of hydrogen-bond donors (Lipinski definition) is 0. The first kappa shape index (κ1) is 12.2. The van der Waals surface area contributed by atoms with Gasteiger partial charge in [0.25, 0.3) is 0 Å². The van der Waals surface area contributed by atoms with Crippen LogP contribution in [0.4, 0.5) is 4.39 Å². The highest BCUT2D eigenvalue weighted by Crippen LogP contribution is 2.52. The fourth-order valence-electron chi connectivity index (χ4n) is 3.46. The van der Waals surface area contributed by atoms with E-state index in [1.807, 2.05) is 0 Å². The Bertz CT molecular complexity index is 399. The summed E-state index contributed by atoms with van der Waals surface area (Å²) in [4.78, 5) is 0.865. The molecule has 0 aromatic carbocycles. The third kappa shape index (κ3) is 1.99. The lowest BCUT2D eigenvalue weighted by Crippen LogP contribution is -2.47. The average Bonchev–Trinajstić information content (AvgIpc) is 2.36. The molecule has 0 bridgehead atoms. The van der Waals surface area contributed by atoms with Gasteiger partial charge >= 0.3 is 0 Å². The number of allylic oxidation sites excluding steroid dienone is 6. The van der Waals surface area contributed by atoms with Crippen molar-refractivity contribution in [1.82, 2.24) is 0 Å². The fraction of sp³-hybridized carbons (Fsp3) is 0.571. The van der Waals surface area contributed by atoms with Crippen molar-refractivity contribution in [2.75, 3.05) is 0 Å². The number of rotatable bonds is 0.